The van der Waals surface area contributed by atoms with E-state index in [0.717, 1.165) is 18.4 Å². The summed E-state index contributed by atoms with van der Waals surface area (Å²) in [5.74, 6) is 0.735. The van der Waals surface area contributed by atoms with Crippen LogP contribution in [0, 0.1) is 0 Å². The summed E-state index contributed by atoms with van der Waals surface area (Å²) in [4.78, 5) is 12.4. The zero-order valence-electron chi connectivity index (χ0n) is 11.4. The first-order valence-corrected chi connectivity index (χ1v) is 6.98. The first kappa shape index (κ1) is 13.3. The van der Waals surface area contributed by atoms with Crippen molar-refractivity contribution in [3.8, 4) is 0 Å². The van der Waals surface area contributed by atoms with Gasteiger partial charge in [-0.05, 0) is 43.7 Å². The number of carbonyl (C=O) groups excluding carboxylic acids is 1. The first-order chi connectivity index (χ1) is 8.54. The molecule has 0 radical (unpaired) electrons. The zero-order valence-corrected chi connectivity index (χ0v) is 11.4. The number of hydrogen-bond donors (Lipinski definition) is 1. The van der Waals surface area contributed by atoms with Crippen molar-refractivity contribution in [3.05, 3.63) is 35.4 Å². The SMILES string of the molecule is CCCC(C)(N)C(=O)c1cccc(C2CCC2)c1. The van der Waals surface area contributed by atoms with Crippen molar-refractivity contribution in [2.75, 3.05) is 0 Å². The van der Waals surface area contributed by atoms with Crippen LogP contribution in [-0.2, 0) is 0 Å². The molecule has 1 aliphatic carbocycles. The lowest BCUT2D eigenvalue weighted by Crippen LogP contribution is -2.44. The maximum atomic E-state index is 12.4. The number of Topliss-reactive ketones (excluding diaryl/α,β-unsaturated/α-hetero) is 1. The number of nitrogens with two attached hydrogens (primary N) is 1. The van der Waals surface area contributed by atoms with E-state index in [4.69, 9.17) is 5.73 Å². The Morgan fingerprint density at radius 3 is 2.72 bits per heavy atom. The summed E-state index contributed by atoms with van der Waals surface area (Å²) in [5, 5.41) is 0. The molecular weight excluding hydrogens is 222 g/mol. The molecule has 2 nitrogen and oxygen atoms in total. The normalized spacial score (nSPS) is 19.1. The molecule has 0 spiro atoms. The monoisotopic (exact) mass is 245 g/mol. The summed E-state index contributed by atoms with van der Waals surface area (Å²) in [6, 6.07) is 8.06. The first-order valence-electron chi connectivity index (χ1n) is 6.98. The van der Waals surface area contributed by atoms with Crippen LogP contribution >= 0.6 is 0 Å². The van der Waals surface area contributed by atoms with Crippen LogP contribution < -0.4 is 5.73 Å². The van der Waals surface area contributed by atoms with Crippen molar-refractivity contribution in [2.45, 2.75) is 57.4 Å². The molecule has 1 atom stereocenters. The van der Waals surface area contributed by atoms with E-state index in [0.29, 0.717) is 5.92 Å². The average molecular weight is 245 g/mol. The van der Waals surface area contributed by atoms with Crippen LogP contribution in [0.5, 0.6) is 0 Å². The second kappa shape index (κ2) is 5.23. The minimum Gasteiger partial charge on any atom is -0.319 e. The summed E-state index contributed by atoms with van der Waals surface area (Å²) >= 11 is 0. The standard InChI is InChI=1S/C16H23NO/c1-3-10-16(2,17)15(18)14-9-5-8-13(11-14)12-6-4-7-12/h5,8-9,11-12H,3-4,6-7,10,17H2,1-2H3. The van der Waals surface area contributed by atoms with E-state index >= 15 is 0 Å². The summed E-state index contributed by atoms with van der Waals surface area (Å²) < 4.78 is 0. The maximum Gasteiger partial charge on any atom is 0.182 e. The topological polar surface area (TPSA) is 43.1 Å². The molecule has 18 heavy (non-hydrogen) atoms. The van der Waals surface area contributed by atoms with E-state index in [1.54, 1.807) is 0 Å². The molecule has 0 saturated heterocycles. The van der Waals surface area contributed by atoms with Gasteiger partial charge in [0.15, 0.2) is 5.78 Å². The number of benzene rings is 1. The fourth-order valence-electron chi connectivity index (χ4n) is 2.64. The minimum absolute atomic E-state index is 0.0746. The van der Waals surface area contributed by atoms with Gasteiger partial charge >= 0.3 is 0 Å². The van der Waals surface area contributed by atoms with Crippen LogP contribution in [0.15, 0.2) is 24.3 Å². The van der Waals surface area contributed by atoms with Gasteiger partial charge in [-0.15, -0.1) is 0 Å². The fraction of sp³-hybridized carbons (Fsp3) is 0.562. The van der Waals surface area contributed by atoms with Gasteiger partial charge in [-0.25, -0.2) is 0 Å². The molecule has 2 N–H and O–H groups in total. The molecule has 1 unspecified atom stereocenters. The van der Waals surface area contributed by atoms with Crippen LogP contribution in [0.2, 0.25) is 0 Å². The Balaban J connectivity index is 2.19. The number of carbonyl (C=O) groups is 1. The summed E-state index contributed by atoms with van der Waals surface area (Å²) in [6.07, 6.45) is 5.49. The highest BCUT2D eigenvalue weighted by atomic mass is 16.1. The van der Waals surface area contributed by atoms with Gasteiger partial charge in [0.25, 0.3) is 0 Å². The summed E-state index contributed by atoms with van der Waals surface area (Å²) in [5.41, 5.74) is 7.48. The Bertz CT molecular complexity index is 432. The number of rotatable bonds is 5. The highest BCUT2D eigenvalue weighted by Crippen LogP contribution is 2.36. The van der Waals surface area contributed by atoms with Gasteiger partial charge < -0.3 is 5.73 Å². The van der Waals surface area contributed by atoms with Crippen molar-refractivity contribution < 1.29 is 4.79 Å². The molecule has 98 valence electrons. The highest BCUT2D eigenvalue weighted by Gasteiger charge is 2.29. The molecule has 2 rings (SSSR count). The summed E-state index contributed by atoms with van der Waals surface area (Å²) in [6.45, 7) is 3.90. The predicted octanol–water partition coefficient (Wildman–Crippen LogP) is 3.65. The van der Waals surface area contributed by atoms with Gasteiger partial charge in [0.05, 0.1) is 5.54 Å². The third-order valence-corrected chi connectivity index (χ3v) is 4.01. The van der Waals surface area contributed by atoms with E-state index in [-0.39, 0.29) is 5.78 Å². The van der Waals surface area contributed by atoms with Crippen molar-refractivity contribution in [2.24, 2.45) is 5.73 Å². The molecule has 1 aliphatic rings. The van der Waals surface area contributed by atoms with E-state index in [9.17, 15) is 4.79 Å². The quantitative estimate of drug-likeness (QED) is 0.804. The Morgan fingerprint density at radius 2 is 2.17 bits per heavy atom. The maximum absolute atomic E-state index is 12.4. The lowest BCUT2D eigenvalue weighted by molar-refractivity contribution is 0.0893. The predicted molar refractivity (Wildman–Crippen MR) is 74.9 cm³/mol. The second-order valence-corrected chi connectivity index (χ2v) is 5.75. The van der Waals surface area contributed by atoms with Crippen LogP contribution in [-0.4, -0.2) is 11.3 Å². The van der Waals surface area contributed by atoms with E-state index in [1.165, 1.54) is 24.8 Å². The molecule has 0 bridgehead atoms. The molecule has 1 aromatic rings. The fourth-order valence-corrected chi connectivity index (χ4v) is 2.64. The Hall–Kier alpha value is -1.15. The molecule has 1 aromatic carbocycles. The van der Waals surface area contributed by atoms with Crippen molar-refractivity contribution in [3.63, 3.8) is 0 Å². The Kier molecular flexibility index (Phi) is 3.86. The van der Waals surface area contributed by atoms with Crippen molar-refractivity contribution in [1.29, 1.82) is 0 Å². The van der Waals surface area contributed by atoms with Gasteiger partial charge in [-0.1, -0.05) is 38.0 Å². The Labute approximate surface area is 110 Å². The van der Waals surface area contributed by atoms with Gasteiger partial charge in [-0.3, -0.25) is 4.79 Å². The highest BCUT2D eigenvalue weighted by molar-refractivity contribution is 6.02. The largest absolute Gasteiger partial charge is 0.319 e. The number of ketones is 1. The van der Waals surface area contributed by atoms with Gasteiger partial charge in [-0.2, -0.15) is 0 Å². The second-order valence-electron chi connectivity index (χ2n) is 5.75. The number of hydrogen-bond acceptors (Lipinski definition) is 2. The molecule has 1 fully saturated rings. The van der Waals surface area contributed by atoms with Gasteiger partial charge in [0.1, 0.15) is 0 Å². The lowest BCUT2D eigenvalue weighted by Gasteiger charge is -2.27. The van der Waals surface area contributed by atoms with Crippen LogP contribution in [0.3, 0.4) is 0 Å². The van der Waals surface area contributed by atoms with E-state index in [1.807, 2.05) is 25.1 Å². The molecule has 0 heterocycles. The molecule has 0 aliphatic heterocycles. The third-order valence-electron chi connectivity index (χ3n) is 4.01. The zero-order chi connectivity index (χ0) is 13.2. The van der Waals surface area contributed by atoms with Crippen LogP contribution in [0.25, 0.3) is 0 Å². The minimum atomic E-state index is -0.729. The smallest absolute Gasteiger partial charge is 0.182 e. The molecular formula is C16H23NO. The third kappa shape index (κ3) is 2.64. The van der Waals surface area contributed by atoms with Gasteiger partial charge in [0, 0.05) is 5.56 Å². The lowest BCUT2D eigenvalue weighted by atomic mass is 9.78. The molecule has 0 amide bonds. The van der Waals surface area contributed by atoms with Crippen LogP contribution in [0.4, 0.5) is 0 Å². The van der Waals surface area contributed by atoms with Crippen LogP contribution in [0.1, 0.15) is 67.8 Å². The molecule has 1 saturated carbocycles. The van der Waals surface area contributed by atoms with E-state index in [2.05, 4.69) is 13.0 Å². The van der Waals surface area contributed by atoms with Crippen molar-refractivity contribution >= 4 is 5.78 Å². The molecule has 0 aromatic heterocycles. The average Bonchev–Trinajstić information content (AvgIpc) is 2.26. The van der Waals surface area contributed by atoms with Gasteiger partial charge in [0.2, 0.25) is 0 Å². The molecule has 2 heteroatoms. The van der Waals surface area contributed by atoms with Crippen molar-refractivity contribution in [1.82, 2.24) is 0 Å². The Morgan fingerprint density at radius 1 is 1.44 bits per heavy atom. The van der Waals surface area contributed by atoms with E-state index < -0.39 is 5.54 Å². The summed E-state index contributed by atoms with van der Waals surface area (Å²) in [7, 11) is 0.